The zero-order chi connectivity index (χ0) is 18.4. The zero-order valence-corrected chi connectivity index (χ0v) is 15.4. The molecule has 4 nitrogen and oxygen atoms in total. The summed E-state index contributed by atoms with van der Waals surface area (Å²) in [7, 11) is 0. The van der Waals surface area contributed by atoms with Gasteiger partial charge in [-0.2, -0.15) is 0 Å². The zero-order valence-electron chi connectivity index (χ0n) is 15.4. The Morgan fingerprint density at radius 1 is 1.07 bits per heavy atom. The third-order valence-electron chi connectivity index (χ3n) is 6.78. The third kappa shape index (κ3) is 2.58. The molecule has 2 aromatic rings. The van der Waals surface area contributed by atoms with Crippen LogP contribution in [-0.4, -0.2) is 41.4 Å². The average molecular weight is 363 g/mol. The van der Waals surface area contributed by atoms with Gasteiger partial charge in [-0.3, -0.25) is 0 Å². The lowest BCUT2D eigenvalue weighted by Gasteiger charge is -2.45. The number of likely N-dealkylation sites (tertiary alicyclic amines) is 1. The lowest BCUT2D eigenvalue weighted by atomic mass is 9.74. The molecule has 27 heavy (non-hydrogen) atoms. The number of aliphatic hydroxyl groups excluding tert-OH is 1. The maximum absolute atomic E-state index is 12.9. The summed E-state index contributed by atoms with van der Waals surface area (Å²) in [4.78, 5) is 14.8. The van der Waals surface area contributed by atoms with Gasteiger partial charge in [0.1, 0.15) is 6.61 Å². The smallest absolute Gasteiger partial charge is 0.410 e. The standard InChI is InChI=1S/C23H25NO3/c25-14-16-12-23(10-5-11-23)24(13-16)22(26)27-15-21-19-8-3-1-6-17(19)18-7-2-4-9-20(18)21/h1-4,6-9,16,21,25H,5,10-15H2. The van der Waals surface area contributed by atoms with E-state index in [9.17, 15) is 9.90 Å². The van der Waals surface area contributed by atoms with Crippen LogP contribution >= 0.6 is 0 Å². The summed E-state index contributed by atoms with van der Waals surface area (Å²) in [5.41, 5.74) is 4.90. The first-order valence-corrected chi connectivity index (χ1v) is 9.95. The number of rotatable bonds is 3. The average Bonchev–Trinajstić information content (AvgIpc) is 3.23. The molecule has 4 heteroatoms. The van der Waals surface area contributed by atoms with Gasteiger partial charge in [-0.1, -0.05) is 48.5 Å². The summed E-state index contributed by atoms with van der Waals surface area (Å²) in [5, 5.41) is 9.56. The molecular weight excluding hydrogens is 338 g/mol. The number of aliphatic hydroxyl groups is 1. The Balaban J connectivity index is 1.35. The molecule has 1 N–H and O–H groups in total. The summed E-state index contributed by atoms with van der Waals surface area (Å²) >= 11 is 0. The molecule has 1 atom stereocenters. The molecule has 5 rings (SSSR count). The van der Waals surface area contributed by atoms with Crippen molar-refractivity contribution < 1.29 is 14.6 Å². The highest BCUT2D eigenvalue weighted by Crippen LogP contribution is 2.48. The Bertz CT molecular complexity index is 828. The van der Waals surface area contributed by atoms with Gasteiger partial charge in [0.25, 0.3) is 0 Å². The number of hydrogen-bond acceptors (Lipinski definition) is 3. The van der Waals surface area contributed by atoms with Gasteiger partial charge in [-0.05, 0) is 47.9 Å². The molecule has 1 unspecified atom stereocenters. The van der Waals surface area contributed by atoms with Crippen LogP contribution in [-0.2, 0) is 4.74 Å². The summed E-state index contributed by atoms with van der Waals surface area (Å²) < 4.78 is 5.85. The first-order valence-electron chi connectivity index (χ1n) is 9.95. The monoisotopic (exact) mass is 363 g/mol. The first kappa shape index (κ1) is 16.8. The molecule has 0 aromatic heterocycles. The Kier molecular flexibility index (Phi) is 3.97. The fourth-order valence-electron chi connectivity index (χ4n) is 5.29. The topological polar surface area (TPSA) is 49.8 Å². The highest BCUT2D eigenvalue weighted by atomic mass is 16.6. The molecule has 140 valence electrons. The van der Waals surface area contributed by atoms with Crippen LogP contribution in [0.1, 0.15) is 42.7 Å². The van der Waals surface area contributed by atoms with Crippen molar-refractivity contribution in [2.45, 2.75) is 37.1 Å². The second kappa shape index (κ2) is 6.38. The van der Waals surface area contributed by atoms with E-state index in [0.29, 0.717) is 13.2 Å². The van der Waals surface area contributed by atoms with Crippen LogP contribution in [0.4, 0.5) is 4.79 Å². The van der Waals surface area contributed by atoms with Crippen LogP contribution in [0.3, 0.4) is 0 Å². The Hall–Kier alpha value is -2.33. The van der Waals surface area contributed by atoms with E-state index in [0.717, 1.165) is 25.7 Å². The Labute approximate surface area is 159 Å². The van der Waals surface area contributed by atoms with Gasteiger partial charge >= 0.3 is 6.09 Å². The molecule has 3 aliphatic rings. The molecule has 1 saturated heterocycles. The highest BCUT2D eigenvalue weighted by Gasteiger charge is 2.52. The predicted molar refractivity (Wildman–Crippen MR) is 104 cm³/mol. The van der Waals surface area contributed by atoms with E-state index in [4.69, 9.17) is 4.74 Å². The highest BCUT2D eigenvalue weighted by molar-refractivity contribution is 5.79. The normalized spacial score (nSPS) is 22.4. The van der Waals surface area contributed by atoms with Crippen molar-refractivity contribution in [2.75, 3.05) is 19.8 Å². The number of ether oxygens (including phenoxy) is 1. The summed E-state index contributed by atoms with van der Waals surface area (Å²) in [6.07, 6.45) is 3.92. The summed E-state index contributed by atoms with van der Waals surface area (Å²) in [6, 6.07) is 16.8. The van der Waals surface area contributed by atoms with Crippen molar-refractivity contribution in [3.05, 3.63) is 59.7 Å². The van der Waals surface area contributed by atoms with Gasteiger partial charge in [-0.25, -0.2) is 4.79 Å². The third-order valence-corrected chi connectivity index (χ3v) is 6.78. The van der Waals surface area contributed by atoms with E-state index < -0.39 is 0 Å². The minimum Gasteiger partial charge on any atom is -0.448 e. The van der Waals surface area contributed by atoms with Crippen molar-refractivity contribution in [3.8, 4) is 11.1 Å². The summed E-state index contributed by atoms with van der Waals surface area (Å²) in [5.74, 6) is 0.278. The van der Waals surface area contributed by atoms with Gasteiger partial charge in [0.15, 0.2) is 0 Å². The molecule has 1 spiro atoms. The summed E-state index contributed by atoms with van der Waals surface area (Å²) in [6.45, 7) is 1.13. The van der Waals surface area contributed by atoms with Crippen LogP contribution < -0.4 is 0 Å². The van der Waals surface area contributed by atoms with Crippen LogP contribution in [0, 0.1) is 5.92 Å². The molecule has 2 fully saturated rings. The van der Waals surface area contributed by atoms with Crippen molar-refractivity contribution in [1.82, 2.24) is 4.90 Å². The van der Waals surface area contributed by atoms with E-state index in [1.165, 1.54) is 22.3 Å². The van der Waals surface area contributed by atoms with E-state index in [2.05, 4.69) is 48.5 Å². The van der Waals surface area contributed by atoms with Crippen LogP contribution in [0.2, 0.25) is 0 Å². The van der Waals surface area contributed by atoms with E-state index in [-0.39, 0.29) is 30.1 Å². The molecule has 1 saturated carbocycles. The molecule has 0 bridgehead atoms. The number of amides is 1. The maximum Gasteiger partial charge on any atom is 0.410 e. The quantitative estimate of drug-likeness (QED) is 0.890. The molecule has 2 aromatic carbocycles. The fourth-order valence-corrected chi connectivity index (χ4v) is 5.29. The Morgan fingerprint density at radius 2 is 1.70 bits per heavy atom. The van der Waals surface area contributed by atoms with Crippen LogP contribution in [0.15, 0.2) is 48.5 Å². The first-order chi connectivity index (χ1) is 13.2. The van der Waals surface area contributed by atoms with E-state index in [1.54, 1.807) is 0 Å². The lowest BCUT2D eigenvalue weighted by molar-refractivity contribution is 0.0330. The van der Waals surface area contributed by atoms with Crippen molar-refractivity contribution in [3.63, 3.8) is 0 Å². The molecule has 1 heterocycles. The number of benzene rings is 2. The lowest BCUT2D eigenvalue weighted by Crippen LogP contribution is -2.52. The van der Waals surface area contributed by atoms with Gasteiger partial charge in [0, 0.05) is 30.5 Å². The van der Waals surface area contributed by atoms with E-state index in [1.807, 2.05) is 4.90 Å². The largest absolute Gasteiger partial charge is 0.448 e. The molecule has 1 aliphatic heterocycles. The van der Waals surface area contributed by atoms with Crippen molar-refractivity contribution >= 4 is 6.09 Å². The van der Waals surface area contributed by atoms with Gasteiger partial charge in [0.05, 0.1) is 0 Å². The van der Waals surface area contributed by atoms with Crippen LogP contribution in [0.5, 0.6) is 0 Å². The predicted octanol–water partition coefficient (Wildman–Crippen LogP) is 4.17. The van der Waals surface area contributed by atoms with Crippen molar-refractivity contribution in [2.24, 2.45) is 5.92 Å². The van der Waals surface area contributed by atoms with Gasteiger partial charge < -0.3 is 14.7 Å². The van der Waals surface area contributed by atoms with Crippen molar-refractivity contribution in [1.29, 1.82) is 0 Å². The number of nitrogens with zero attached hydrogens (tertiary/aromatic N) is 1. The number of carbonyl (C=O) groups excluding carboxylic acids is 1. The van der Waals surface area contributed by atoms with Gasteiger partial charge in [0.2, 0.25) is 0 Å². The molecule has 0 radical (unpaired) electrons. The van der Waals surface area contributed by atoms with E-state index >= 15 is 0 Å². The number of fused-ring (bicyclic) bond motifs is 3. The second-order valence-corrected chi connectivity index (χ2v) is 8.25. The Morgan fingerprint density at radius 3 is 2.26 bits per heavy atom. The molecule has 2 aliphatic carbocycles. The van der Waals surface area contributed by atoms with Crippen LogP contribution in [0.25, 0.3) is 11.1 Å². The maximum atomic E-state index is 12.9. The van der Waals surface area contributed by atoms with Gasteiger partial charge in [-0.15, -0.1) is 0 Å². The number of hydrogen-bond donors (Lipinski definition) is 1. The second-order valence-electron chi connectivity index (χ2n) is 8.25. The fraction of sp³-hybridized carbons (Fsp3) is 0.435. The molecular formula is C23H25NO3. The minimum absolute atomic E-state index is 0.0596. The molecule has 1 amide bonds. The SMILES string of the molecule is O=C(OCC1c2ccccc2-c2ccccc21)N1CC(CO)CC12CCC2. The minimum atomic E-state index is -0.215. The number of carbonyl (C=O) groups is 1.